The largest absolute Gasteiger partial charge is 0.308 e. The molecule has 0 aromatic heterocycles. The van der Waals surface area contributed by atoms with Gasteiger partial charge in [-0.3, -0.25) is 4.90 Å². The minimum Gasteiger partial charge on any atom is -0.308 e. The fraction of sp³-hybridized carbons (Fsp3) is 1.00. The minimum absolute atomic E-state index is 0.345. The van der Waals surface area contributed by atoms with E-state index in [4.69, 9.17) is 0 Å². The molecule has 1 aliphatic heterocycles. The Hall–Kier alpha value is 0.270. The zero-order chi connectivity index (χ0) is 13.8. The summed E-state index contributed by atoms with van der Waals surface area (Å²) in [6.07, 6.45) is 4.68. The number of nitrogens with zero attached hydrogens (tertiary/aromatic N) is 1. The SMILES string of the molecule is CCC1(CC)CN(C(C)CSC)C(C(C)C)CN1. The second-order valence-electron chi connectivity index (χ2n) is 6.16. The van der Waals surface area contributed by atoms with Crippen LogP contribution in [0.3, 0.4) is 0 Å². The van der Waals surface area contributed by atoms with Gasteiger partial charge >= 0.3 is 0 Å². The van der Waals surface area contributed by atoms with Crippen molar-refractivity contribution in [2.75, 3.05) is 25.1 Å². The van der Waals surface area contributed by atoms with E-state index >= 15 is 0 Å². The molecule has 0 spiro atoms. The summed E-state index contributed by atoms with van der Waals surface area (Å²) in [4.78, 5) is 2.77. The van der Waals surface area contributed by atoms with E-state index in [2.05, 4.69) is 51.1 Å². The fourth-order valence-corrected chi connectivity index (χ4v) is 3.80. The third-order valence-corrected chi connectivity index (χ3v) is 5.51. The summed E-state index contributed by atoms with van der Waals surface area (Å²) in [7, 11) is 0. The lowest BCUT2D eigenvalue weighted by molar-refractivity contribution is 0.0288. The Kier molecular flexibility index (Phi) is 6.49. The van der Waals surface area contributed by atoms with E-state index in [1.165, 1.54) is 25.1 Å². The number of piperazine rings is 1. The normalized spacial score (nSPS) is 26.5. The summed E-state index contributed by atoms with van der Waals surface area (Å²) >= 11 is 1.97. The fourth-order valence-electron chi connectivity index (χ4n) is 3.12. The van der Waals surface area contributed by atoms with Crippen LogP contribution in [0.1, 0.15) is 47.5 Å². The van der Waals surface area contributed by atoms with E-state index in [1.54, 1.807) is 0 Å². The maximum Gasteiger partial charge on any atom is 0.0304 e. The number of hydrogen-bond donors (Lipinski definition) is 1. The topological polar surface area (TPSA) is 15.3 Å². The van der Waals surface area contributed by atoms with Crippen LogP contribution in [0, 0.1) is 5.92 Å². The number of rotatable bonds is 6. The molecule has 1 saturated heterocycles. The van der Waals surface area contributed by atoms with Crippen molar-refractivity contribution in [2.24, 2.45) is 5.92 Å². The van der Waals surface area contributed by atoms with Crippen molar-refractivity contribution < 1.29 is 0 Å². The second-order valence-corrected chi connectivity index (χ2v) is 7.07. The lowest BCUT2D eigenvalue weighted by Gasteiger charge is -2.51. The van der Waals surface area contributed by atoms with E-state index in [0.717, 1.165) is 12.5 Å². The third kappa shape index (κ3) is 3.64. The van der Waals surface area contributed by atoms with Crippen molar-refractivity contribution in [3.63, 3.8) is 0 Å². The predicted octanol–water partition coefficient (Wildman–Crippen LogP) is 3.23. The Morgan fingerprint density at radius 2 is 1.89 bits per heavy atom. The summed E-state index contributed by atoms with van der Waals surface area (Å²) in [6.45, 7) is 14.1. The molecular formula is C15H32N2S. The Balaban J connectivity index is 2.82. The molecule has 0 aromatic carbocycles. The summed E-state index contributed by atoms with van der Waals surface area (Å²) in [6, 6.07) is 1.38. The summed E-state index contributed by atoms with van der Waals surface area (Å²) in [5, 5.41) is 3.84. The summed E-state index contributed by atoms with van der Waals surface area (Å²) < 4.78 is 0. The number of nitrogens with one attached hydrogen (secondary N) is 1. The van der Waals surface area contributed by atoms with Gasteiger partial charge in [0, 0.05) is 36.5 Å². The van der Waals surface area contributed by atoms with Gasteiger partial charge in [-0.1, -0.05) is 27.7 Å². The molecule has 1 rings (SSSR count). The second kappa shape index (κ2) is 7.16. The molecule has 2 unspecified atom stereocenters. The maximum absolute atomic E-state index is 3.84. The van der Waals surface area contributed by atoms with Gasteiger partial charge in [-0.25, -0.2) is 0 Å². The molecule has 1 heterocycles. The first-order valence-corrected chi connectivity index (χ1v) is 8.88. The Bertz CT molecular complexity index is 239. The van der Waals surface area contributed by atoms with Crippen LogP contribution >= 0.6 is 11.8 Å². The molecule has 0 bridgehead atoms. The average Bonchev–Trinajstić information content (AvgIpc) is 2.38. The zero-order valence-electron chi connectivity index (χ0n) is 13.1. The molecule has 2 nitrogen and oxygen atoms in total. The van der Waals surface area contributed by atoms with Crippen LogP contribution in [-0.2, 0) is 0 Å². The molecule has 1 aliphatic rings. The smallest absolute Gasteiger partial charge is 0.0304 e. The van der Waals surface area contributed by atoms with E-state index in [0.29, 0.717) is 17.6 Å². The van der Waals surface area contributed by atoms with Crippen molar-refractivity contribution in [1.82, 2.24) is 10.2 Å². The molecule has 0 amide bonds. The van der Waals surface area contributed by atoms with Gasteiger partial charge in [-0.05, 0) is 31.9 Å². The van der Waals surface area contributed by atoms with E-state index in [1.807, 2.05) is 11.8 Å². The zero-order valence-corrected chi connectivity index (χ0v) is 13.9. The van der Waals surface area contributed by atoms with E-state index in [9.17, 15) is 0 Å². The lowest BCUT2D eigenvalue weighted by Crippen LogP contribution is -2.66. The van der Waals surface area contributed by atoms with Gasteiger partial charge in [0.15, 0.2) is 0 Å². The Labute approximate surface area is 118 Å². The van der Waals surface area contributed by atoms with Gasteiger partial charge in [-0.2, -0.15) is 11.8 Å². The van der Waals surface area contributed by atoms with E-state index < -0.39 is 0 Å². The molecule has 108 valence electrons. The van der Waals surface area contributed by atoms with Crippen LogP contribution in [-0.4, -0.2) is 47.6 Å². The van der Waals surface area contributed by atoms with Gasteiger partial charge in [0.2, 0.25) is 0 Å². The van der Waals surface area contributed by atoms with Crippen LogP contribution < -0.4 is 5.32 Å². The van der Waals surface area contributed by atoms with Crippen molar-refractivity contribution in [3.05, 3.63) is 0 Å². The molecule has 1 N–H and O–H groups in total. The van der Waals surface area contributed by atoms with Crippen molar-refractivity contribution in [2.45, 2.75) is 65.1 Å². The number of thioether (sulfide) groups is 1. The summed E-state index contributed by atoms with van der Waals surface area (Å²) in [5.41, 5.74) is 0.345. The highest BCUT2D eigenvalue weighted by Crippen LogP contribution is 2.27. The highest BCUT2D eigenvalue weighted by Gasteiger charge is 2.39. The quantitative estimate of drug-likeness (QED) is 0.799. The molecule has 18 heavy (non-hydrogen) atoms. The van der Waals surface area contributed by atoms with Crippen molar-refractivity contribution >= 4 is 11.8 Å². The van der Waals surface area contributed by atoms with Crippen molar-refractivity contribution in [1.29, 1.82) is 0 Å². The van der Waals surface area contributed by atoms with Gasteiger partial charge in [0.25, 0.3) is 0 Å². The molecule has 2 atom stereocenters. The Morgan fingerprint density at radius 3 is 2.33 bits per heavy atom. The van der Waals surface area contributed by atoms with Gasteiger partial charge in [0.1, 0.15) is 0 Å². The highest BCUT2D eigenvalue weighted by molar-refractivity contribution is 7.98. The van der Waals surface area contributed by atoms with Gasteiger partial charge < -0.3 is 5.32 Å². The van der Waals surface area contributed by atoms with Gasteiger partial charge in [0.05, 0.1) is 0 Å². The van der Waals surface area contributed by atoms with Crippen LogP contribution in [0.25, 0.3) is 0 Å². The molecular weight excluding hydrogens is 240 g/mol. The standard InChI is InChI=1S/C15H32N2S/c1-7-15(8-2)11-17(13(5)10-18-6)14(9-16-15)12(3)4/h12-14,16H,7-11H2,1-6H3. The molecule has 3 heteroatoms. The van der Waals surface area contributed by atoms with Crippen LogP contribution in [0.15, 0.2) is 0 Å². The first-order valence-electron chi connectivity index (χ1n) is 7.49. The molecule has 0 aromatic rings. The molecule has 0 radical (unpaired) electrons. The monoisotopic (exact) mass is 272 g/mol. The van der Waals surface area contributed by atoms with Gasteiger partial charge in [-0.15, -0.1) is 0 Å². The van der Waals surface area contributed by atoms with Crippen LogP contribution in [0.4, 0.5) is 0 Å². The van der Waals surface area contributed by atoms with E-state index in [-0.39, 0.29) is 0 Å². The Morgan fingerprint density at radius 1 is 1.28 bits per heavy atom. The maximum atomic E-state index is 3.84. The average molecular weight is 273 g/mol. The van der Waals surface area contributed by atoms with Crippen LogP contribution in [0.2, 0.25) is 0 Å². The first-order chi connectivity index (χ1) is 8.49. The number of hydrogen-bond acceptors (Lipinski definition) is 3. The van der Waals surface area contributed by atoms with Crippen LogP contribution in [0.5, 0.6) is 0 Å². The molecule has 1 fully saturated rings. The first kappa shape index (κ1) is 16.3. The highest BCUT2D eigenvalue weighted by atomic mass is 32.2. The molecule has 0 saturated carbocycles. The predicted molar refractivity (Wildman–Crippen MR) is 84.5 cm³/mol. The third-order valence-electron chi connectivity index (χ3n) is 4.69. The minimum atomic E-state index is 0.345. The summed E-state index contributed by atoms with van der Waals surface area (Å²) in [5.74, 6) is 1.97. The molecule has 0 aliphatic carbocycles. The van der Waals surface area contributed by atoms with Crippen molar-refractivity contribution in [3.8, 4) is 0 Å². The lowest BCUT2D eigenvalue weighted by atomic mass is 9.85.